The van der Waals surface area contributed by atoms with Crippen LogP contribution in [0, 0.1) is 0 Å². The lowest BCUT2D eigenvalue weighted by Crippen LogP contribution is -2.22. The molecular weight excluding hydrogens is 368 g/mol. The van der Waals surface area contributed by atoms with Gasteiger partial charge in [0.15, 0.2) is 0 Å². The quantitative estimate of drug-likeness (QED) is 0.628. The van der Waals surface area contributed by atoms with Crippen molar-refractivity contribution in [1.82, 2.24) is 14.6 Å². The Morgan fingerprint density at radius 1 is 1.33 bits per heavy atom. The molecule has 0 spiro atoms. The molecule has 5 nitrogen and oxygen atoms in total. The number of hydrogen-bond donors (Lipinski definition) is 0. The average Bonchev–Trinajstić information content (AvgIpc) is 2.61. The van der Waals surface area contributed by atoms with E-state index < -0.39 is 0 Å². The number of fused-ring (bicyclic) bond motifs is 1. The molecule has 0 aliphatic heterocycles. The second-order valence-electron chi connectivity index (χ2n) is 5.44. The summed E-state index contributed by atoms with van der Waals surface area (Å²) >= 11 is 3.40. The number of unbranched alkanes of at least 4 members (excludes halogenated alkanes) is 1. The van der Waals surface area contributed by atoms with Crippen molar-refractivity contribution in [2.45, 2.75) is 26.2 Å². The van der Waals surface area contributed by atoms with Crippen LogP contribution < -0.4 is 5.56 Å². The molecule has 2 heterocycles. The standard InChI is InChI=1S/C18H17BrN4O/c1-2-3-6-17-22-16-8-7-14(19)10-15(16)18(24)23(17)21-12-13-5-4-9-20-11-13/h4-5,7-12H,2-3,6H2,1H3. The van der Waals surface area contributed by atoms with E-state index in [1.54, 1.807) is 24.7 Å². The highest BCUT2D eigenvalue weighted by atomic mass is 79.9. The summed E-state index contributed by atoms with van der Waals surface area (Å²) in [5, 5.41) is 4.92. The molecule has 0 aliphatic rings. The van der Waals surface area contributed by atoms with Crippen LogP contribution in [0.5, 0.6) is 0 Å². The van der Waals surface area contributed by atoms with Crippen LogP contribution in [0.2, 0.25) is 0 Å². The molecule has 0 unspecified atom stereocenters. The fourth-order valence-electron chi connectivity index (χ4n) is 2.39. The predicted molar refractivity (Wildman–Crippen MR) is 99.5 cm³/mol. The largest absolute Gasteiger partial charge is 0.282 e. The second-order valence-corrected chi connectivity index (χ2v) is 6.36. The van der Waals surface area contributed by atoms with Crippen molar-refractivity contribution in [2.24, 2.45) is 5.10 Å². The molecule has 1 aromatic carbocycles. The van der Waals surface area contributed by atoms with E-state index >= 15 is 0 Å². The third kappa shape index (κ3) is 3.59. The van der Waals surface area contributed by atoms with Crippen LogP contribution in [-0.4, -0.2) is 20.9 Å². The highest BCUT2D eigenvalue weighted by molar-refractivity contribution is 9.10. The Morgan fingerprint density at radius 3 is 2.96 bits per heavy atom. The van der Waals surface area contributed by atoms with Crippen LogP contribution in [0.4, 0.5) is 0 Å². The van der Waals surface area contributed by atoms with Crippen molar-refractivity contribution in [3.05, 3.63) is 68.9 Å². The van der Waals surface area contributed by atoms with Crippen LogP contribution in [0.15, 0.2) is 57.1 Å². The number of benzene rings is 1. The summed E-state index contributed by atoms with van der Waals surface area (Å²) in [7, 11) is 0. The molecular formula is C18H17BrN4O. The third-order valence-electron chi connectivity index (χ3n) is 3.64. The van der Waals surface area contributed by atoms with E-state index in [-0.39, 0.29) is 5.56 Å². The summed E-state index contributed by atoms with van der Waals surface area (Å²) in [6, 6.07) is 9.24. The predicted octanol–water partition coefficient (Wildman–Crippen LogP) is 3.78. The normalized spacial score (nSPS) is 11.4. The van der Waals surface area contributed by atoms with Crippen LogP contribution in [0.25, 0.3) is 10.9 Å². The molecule has 0 atom stereocenters. The van der Waals surface area contributed by atoms with Gasteiger partial charge < -0.3 is 0 Å². The Morgan fingerprint density at radius 2 is 2.21 bits per heavy atom. The lowest BCUT2D eigenvalue weighted by molar-refractivity contribution is 0.675. The summed E-state index contributed by atoms with van der Waals surface area (Å²) in [5.74, 6) is 0.678. The number of aryl methyl sites for hydroxylation is 1. The number of nitrogens with zero attached hydrogens (tertiary/aromatic N) is 4. The molecule has 0 fully saturated rings. The SMILES string of the molecule is CCCCc1nc2ccc(Br)cc2c(=O)n1N=Cc1cccnc1. The van der Waals surface area contributed by atoms with Crippen molar-refractivity contribution in [2.75, 3.05) is 0 Å². The Kier molecular flexibility index (Phi) is 5.15. The molecule has 0 aliphatic carbocycles. The topological polar surface area (TPSA) is 60.1 Å². The van der Waals surface area contributed by atoms with Gasteiger partial charge in [-0.2, -0.15) is 9.78 Å². The van der Waals surface area contributed by atoms with Crippen LogP contribution in [0.3, 0.4) is 0 Å². The summed E-state index contributed by atoms with van der Waals surface area (Å²) in [4.78, 5) is 21.6. The van der Waals surface area contributed by atoms with Gasteiger partial charge in [0.2, 0.25) is 0 Å². The molecule has 0 bridgehead atoms. The maximum atomic E-state index is 12.9. The Labute approximate surface area is 148 Å². The highest BCUT2D eigenvalue weighted by Crippen LogP contribution is 2.16. The van der Waals surface area contributed by atoms with Crippen molar-refractivity contribution in [1.29, 1.82) is 0 Å². The monoisotopic (exact) mass is 384 g/mol. The molecule has 6 heteroatoms. The molecule has 3 rings (SSSR count). The molecule has 3 aromatic rings. The minimum Gasteiger partial charge on any atom is -0.267 e. The number of halogens is 1. The van der Waals surface area contributed by atoms with Crippen LogP contribution >= 0.6 is 15.9 Å². The Balaban J connectivity index is 2.13. The van der Waals surface area contributed by atoms with Gasteiger partial charge in [-0.3, -0.25) is 9.78 Å². The number of hydrogen-bond acceptors (Lipinski definition) is 4. The second kappa shape index (κ2) is 7.49. The summed E-state index contributed by atoms with van der Waals surface area (Å²) in [6.45, 7) is 2.11. The third-order valence-corrected chi connectivity index (χ3v) is 4.13. The summed E-state index contributed by atoms with van der Waals surface area (Å²) in [6.07, 6.45) is 7.73. The van der Waals surface area contributed by atoms with Gasteiger partial charge in [-0.25, -0.2) is 4.98 Å². The van der Waals surface area contributed by atoms with Gasteiger partial charge in [-0.05, 0) is 30.7 Å². The molecule has 0 saturated heterocycles. The van der Waals surface area contributed by atoms with E-state index in [0.29, 0.717) is 23.1 Å². The van der Waals surface area contributed by atoms with Gasteiger partial charge in [0.25, 0.3) is 5.56 Å². The van der Waals surface area contributed by atoms with Gasteiger partial charge >= 0.3 is 0 Å². The van der Waals surface area contributed by atoms with E-state index in [0.717, 1.165) is 22.9 Å². The number of pyridine rings is 1. The van der Waals surface area contributed by atoms with Gasteiger partial charge in [0.05, 0.1) is 17.1 Å². The molecule has 0 amide bonds. The molecule has 0 saturated carbocycles. The van der Waals surface area contributed by atoms with Gasteiger partial charge in [-0.1, -0.05) is 35.3 Å². The van der Waals surface area contributed by atoms with Crippen LogP contribution in [-0.2, 0) is 6.42 Å². The minimum atomic E-state index is -0.160. The van der Waals surface area contributed by atoms with Gasteiger partial charge in [-0.15, -0.1) is 0 Å². The average molecular weight is 385 g/mol. The zero-order valence-corrected chi connectivity index (χ0v) is 14.9. The van der Waals surface area contributed by atoms with E-state index in [1.165, 1.54) is 4.68 Å². The molecule has 24 heavy (non-hydrogen) atoms. The van der Waals surface area contributed by atoms with Crippen molar-refractivity contribution in [3.8, 4) is 0 Å². The Bertz CT molecular complexity index is 935. The van der Waals surface area contributed by atoms with Crippen molar-refractivity contribution in [3.63, 3.8) is 0 Å². The maximum Gasteiger partial charge on any atom is 0.282 e. The molecule has 2 aromatic heterocycles. The lowest BCUT2D eigenvalue weighted by Gasteiger charge is -2.09. The Hall–Kier alpha value is -2.34. The first-order valence-corrected chi connectivity index (χ1v) is 8.64. The minimum absolute atomic E-state index is 0.160. The first-order valence-electron chi connectivity index (χ1n) is 7.84. The lowest BCUT2D eigenvalue weighted by atomic mass is 10.2. The van der Waals surface area contributed by atoms with E-state index in [4.69, 9.17) is 0 Å². The first-order chi connectivity index (χ1) is 11.7. The number of aromatic nitrogens is 3. The van der Waals surface area contributed by atoms with E-state index in [9.17, 15) is 4.79 Å². The first kappa shape index (κ1) is 16.5. The molecule has 0 N–H and O–H groups in total. The van der Waals surface area contributed by atoms with E-state index in [1.807, 2.05) is 24.3 Å². The van der Waals surface area contributed by atoms with E-state index in [2.05, 4.69) is 37.9 Å². The fourth-order valence-corrected chi connectivity index (χ4v) is 2.75. The zero-order chi connectivity index (χ0) is 16.9. The smallest absolute Gasteiger partial charge is 0.267 e. The van der Waals surface area contributed by atoms with Gasteiger partial charge in [0.1, 0.15) is 5.82 Å². The zero-order valence-electron chi connectivity index (χ0n) is 13.3. The maximum absolute atomic E-state index is 12.9. The van der Waals surface area contributed by atoms with Crippen LogP contribution in [0.1, 0.15) is 31.2 Å². The van der Waals surface area contributed by atoms with Crippen molar-refractivity contribution < 1.29 is 0 Å². The summed E-state index contributed by atoms with van der Waals surface area (Å²) < 4.78 is 2.25. The molecule has 0 radical (unpaired) electrons. The number of rotatable bonds is 5. The summed E-state index contributed by atoms with van der Waals surface area (Å²) in [5.41, 5.74) is 1.37. The highest BCUT2D eigenvalue weighted by Gasteiger charge is 2.10. The molecule has 122 valence electrons. The van der Waals surface area contributed by atoms with Crippen molar-refractivity contribution >= 4 is 33.0 Å². The fraction of sp³-hybridized carbons (Fsp3) is 0.222. The van der Waals surface area contributed by atoms with Gasteiger partial charge in [0, 0.05) is 28.9 Å².